The van der Waals surface area contributed by atoms with Crippen molar-refractivity contribution in [1.82, 2.24) is 15.1 Å². The van der Waals surface area contributed by atoms with Crippen LogP contribution in [-0.2, 0) is 0 Å². The number of ether oxygens (including phenoxy) is 1. The molecule has 0 radical (unpaired) electrons. The van der Waals surface area contributed by atoms with Crippen molar-refractivity contribution < 1.29 is 18.4 Å². The van der Waals surface area contributed by atoms with Gasteiger partial charge in [0.2, 0.25) is 5.89 Å². The molecule has 1 fully saturated rings. The van der Waals surface area contributed by atoms with Crippen LogP contribution >= 0.6 is 0 Å². The van der Waals surface area contributed by atoms with Crippen LogP contribution in [0.4, 0.5) is 0 Å². The highest BCUT2D eigenvalue weighted by Gasteiger charge is 2.28. The van der Waals surface area contributed by atoms with Crippen molar-refractivity contribution in [3.05, 3.63) is 54.1 Å². The van der Waals surface area contributed by atoms with Gasteiger partial charge < -0.3 is 18.5 Å². The largest absolute Gasteiger partial charge is 0.497 e. The molecule has 0 saturated carbocycles. The van der Waals surface area contributed by atoms with Gasteiger partial charge in [-0.2, -0.15) is 0 Å². The van der Waals surface area contributed by atoms with Crippen LogP contribution in [0.1, 0.15) is 35.0 Å². The molecule has 4 rings (SSSR count). The number of furan rings is 1. The smallest absolute Gasteiger partial charge is 0.283 e. The molecule has 134 valence electrons. The number of methoxy groups -OCH3 is 1. The second-order valence-electron chi connectivity index (χ2n) is 6.22. The summed E-state index contributed by atoms with van der Waals surface area (Å²) in [7, 11) is 1.59. The normalized spacial score (nSPS) is 15.2. The first kappa shape index (κ1) is 16.4. The van der Waals surface area contributed by atoms with Crippen molar-refractivity contribution in [3.63, 3.8) is 0 Å². The van der Waals surface area contributed by atoms with E-state index in [9.17, 15) is 4.79 Å². The van der Waals surface area contributed by atoms with E-state index in [1.807, 2.05) is 23.1 Å². The number of likely N-dealkylation sites (tertiary alicyclic amines) is 1. The summed E-state index contributed by atoms with van der Waals surface area (Å²) in [6.07, 6.45) is 3.15. The Morgan fingerprint density at radius 3 is 2.77 bits per heavy atom. The Hall–Kier alpha value is -3.09. The number of nitrogens with zero attached hydrogens (tertiary/aromatic N) is 3. The van der Waals surface area contributed by atoms with Crippen LogP contribution in [0.15, 0.2) is 51.5 Å². The summed E-state index contributed by atoms with van der Waals surface area (Å²) < 4.78 is 16.2. The molecule has 0 N–H and O–H groups in total. The number of benzene rings is 1. The number of piperidine rings is 1. The van der Waals surface area contributed by atoms with E-state index in [2.05, 4.69) is 10.2 Å². The van der Waals surface area contributed by atoms with Crippen molar-refractivity contribution in [2.75, 3.05) is 20.2 Å². The van der Waals surface area contributed by atoms with E-state index in [4.69, 9.17) is 13.6 Å². The SMILES string of the molecule is COc1cccc(C(=O)N2CCC(c3nnc(-c4ccco4)o3)CC2)c1. The Labute approximate surface area is 150 Å². The highest BCUT2D eigenvalue weighted by molar-refractivity contribution is 5.94. The molecule has 26 heavy (non-hydrogen) atoms. The van der Waals surface area contributed by atoms with Crippen LogP contribution in [0.2, 0.25) is 0 Å². The summed E-state index contributed by atoms with van der Waals surface area (Å²) in [4.78, 5) is 14.5. The molecular formula is C19H19N3O4. The zero-order valence-electron chi connectivity index (χ0n) is 14.4. The highest BCUT2D eigenvalue weighted by Crippen LogP contribution is 2.30. The quantitative estimate of drug-likeness (QED) is 0.715. The average Bonchev–Trinajstić information content (AvgIpc) is 3.39. The first-order valence-electron chi connectivity index (χ1n) is 8.55. The van der Waals surface area contributed by atoms with Gasteiger partial charge in [0.25, 0.3) is 11.8 Å². The fraction of sp³-hybridized carbons (Fsp3) is 0.316. The predicted octanol–water partition coefficient (Wildman–Crippen LogP) is 3.36. The van der Waals surface area contributed by atoms with Crippen molar-refractivity contribution in [2.45, 2.75) is 18.8 Å². The van der Waals surface area contributed by atoms with E-state index < -0.39 is 0 Å². The van der Waals surface area contributed by atoms with Gasteiger partial charge in [-0.1, -0.05) is 6.07 Å². The molecule has 0 aliphatic carbocycles. The summed E-state index contributed by atoms with van der Waals surface area (Å²) >= 11 is 0. The molecule has 0 spiro atoms. The number of carbonyl (C=O) groups is 1. The van der Waals surface area contributed by atoms with E-state index in [1.165, 1.54) is 0 Å². The molecule has 0 bridgehead atoms. The number of hydrogen-bond donors (Lipinski definition) is 0. The fourth-order valence-corrected chi connectivity index (χ4v) is 3.17. The van der Waals surface area contributed by atoms with Gasteiger partial charge in [-0.3, -0.25) is 4.79 Å². The number of carbonyl (C=O) groups excluding carboxylic acids is 1. The van der Waals surface area contributed by atoms with E-state index in [1.54, 1.807) is 31.6 Å². The number of rotatable bonds is 4. The number of aromatic nitrogens is 2. The van der Waals surface area contributed by atoms with Crippen molar-refractivity contribution in [1.29, 1.82) is 0 Å². The van der Waals surface area contributed by atoms with Gasteiger partial charge in [-0.25, -0.2) is 0 Å². The van der Waals surface area contributed by atoms with Crippen LogP contribution in [0, 0.1) is 0 Å². The molecule has 7 nitrogen and oxygen atoms in total. The van der Waals surface area contributed by atoms with Crippen molar-refractivity contribution in [3.8, 4) is 17.4 Å². The molecule has 0 unspecified atom stereocenters. The standard InChI is InChI=1S/C19H19N3O4/c1-24-15-5-2-4-14(12-15)19(23)22-9-7-13(8-10-22)17-20-21-18(26-17)16-6-3-11-25-16/h2-6,11-13H,7-10H2,1H3. The summed E-state index contributed by atoms with van der Waals surface area (Å²) in [6.45, 7) is 1.30. The van der Waals surface area contributed by atoms with Crippen LogP contribution in [-0.4, -0.2) is 41.2 Å². The highest BCUT2D eigenvalue weighted by atomic mass is 16.5. The van der Waals surface area contributed by atoms with Crippen molar-refractivity contribution in [2.24, 2.45) is 0 Å². The van der Waals surface area contributed by atoms with Gasteiger partial charge >= 0.3 is 0 Å². The van der Waals surface area contributed by atoms with E-state index in [0.717, 1.165) is 12.8 Å². The minimum Gasteiger partial charge on any atom is -0.497 e. The summed E-state index contributed by atoms with van der Waals surface area (Å²) in [6, 6.07) is 10.8. The molecular weight excluding hydrogens is 334 g/mol. The van der Waals surface area contributed by atoms with Gasteiger partial charge in [0, 0.05) is 24.6 Å². The van der Waals surface area contributed by atoms with Crippen LogP contribution in [0.25, 0.3) is 11.7 Å². The summed E-state index contributed by atoms with van der Waals surface area (Å²) in [5, 5.41) is 8.20. The summed E-state index contributed by atoms with van der Waals surface area (Å²) in [5.74, 6) is 2.41. The molecule has 1 saturated heterocycles. The monoisotopic (exact) mass is 353 g/mol. The van der Waals surface area contributed by atoms with Gasteiger partial charge in [-0.05, 0) is 43.2 Å². The van der Waals surface area contributed by atoms with E-state index in [-0.39, 0.29) is 11.8 Å². The number of amides is 1. The van der Waals surface area contributed by atoms with Crippen LogP contribution in [0.5, 0.6) is 5.75 Å². The van der Waals surface area contributed by atoms with Crippen LogP contribution in [0.3, 0.4) is 0 Å². The van der Waals surface area contributed by atoms with Crippen LogP contribution < -0.4 is 4.74 Å². The molecule has 1 aliphatic rings. The first-order chi connectivity index (χ1) is 12.7. The van der Waals surface area contributed by atoms with Gasteiger partial charge in [0.1, 0.15) is 5.75 Å². The minimum absolute atomic E-state index is 0.0177. The topological polar surface area (TPSA) is 81.6 Å². The lowest BCUT2D eigenvalue weighted by Gasteiger charge is -2.30. The maximum Gasteiger partial charge on any atom is 0.283 e. The third-order valence-electron chi connectivity index (χ3n) is 4.62. The van der Waals surface area contributed by atoms with Gasteiger partial charge in [-0.15, -0.1) is 10.2 Å². The van der Waals surface area contributed by atoms with E-state index >= 15 is 0 Å². The summed E-state index contributed by atoms with van der Waals surface area (Å²) in [5.41, 5.74) is 0.640. The first-order valence-corrected chi connectivity index (χ1v) is 8.55. The molecule has 1 aliphatic heterocycles. The minimum atomic E-state index is 0.0177. The Balaban J connectivity index is 1.40. The third kappa shape index (κ3) is 3.20. The zero-order valence-corrected chi connectivity index (χ0v) is 14.4. The maximum atomic E-state index is 12.7. The maximum absolute atomic E-state index is 12.7. The Kier molecular flexibility index (Phi) is 4.43. The molecule has 1 amide bonds. The predicted molar refractivity (Wildman–Crippen MR) is 92.9 cm³/mol. The molecule has 3 heterocycles. The average molecular weight is 353 g/mol. The van der Waals surface area contributed by atoms with Gasteiger partial charge in [0.05, 0.1) is 13.4 Å². The van der Waals surface area contributed by atoms with Gasteiger partial charge in [0.15, 0.2) is 5.76 Å². The molecule has 0 atom stereocenters. The third-order valence-corrected chi connectivity index (χ3v) is 4.62. The Morgan fingerprint density at radius 1 is 1.19 bits per heavy atom. The lowest BCUT2D eigenvalue weighted by Crippen LogP contribution is -2.38. The second-order valence-corrected chi connectivity index (χ2v) is 6.22. The lowest BCUT2D eigenvalue weighted by molar-refractivity contribution is 0.0706. The van der Waals surface area contributed by atoms with Crippen molar-refractivity contribution >= 4 is 5.91 Å². The van der Waals surface area contributed by atoms with E-state index in [0.29, 0.717) is 41.9 Å². The molecule has 1 aromatic carbocycles. The molecule has 3 aromatic rings. The lowest BCUT2D eigenvalue weighted by atomic mass is 9.96. The number of hydrogen-bond acceptors (Lipinski definition) is 6. The molecule has 2 aromatic heterocycles. The fourth-order valence-electron chi connectivity index (χ4n) is 3.17. The Bertz CT molecular complexity index is 880. The zero-order chi connectivity index (χ0) is 17.9. The Morgan fingerprint density at radius 2 is 2.04 bits per heavy atom. The second kappa shape index (κ2) is 7.03. The molecule has 7 heteroatoms.